The van der Waals surface area contributed by atoms with Crippen molar-refractivity contribution in [2.75, 3.05) is 7.11 Å². The second-order valence-corrected chi connectivity index (χ2v) is 5.17. The summed E-state index contributed by atoms with van der Waals surface area (Å²) in [6, 6.07) is 8.42. The van der Waals surface area contributed by atoms with Crippen LogP contribution < -0.4 is 4.74 Å². The van der Waals surface area contributed by atoms with Gasteiger partial charge in [0.25, 0.3) is 0 Å². The number of nitrogens with zero attached hydrogens (tertiary/aromatic N) is 1. The standard InChI is InChI=1S/C15H11BrF3NO2/c1-22-13-4-2-3-9(14(13)21)8-20-10-5-6-12(16)11(7-10)15(17,18)19/h2-8,21H,1H3. The summed E-state index contributed by atoms with van der Waals surface area (Å²) in [6.07, 6.45) is -3.19. The molecule has 0 aromatic heterocycles. The molecule has 0 atom stereocenters. The Hall–Kier alpha value is -2.02. The molecule has 0 bridgehead atoms. The van der Waals surface area contributed by atoms with Gasteiger partial charge in [-0.05, 0) is 30.3 Å². The summed E-state index contributed by atoms with van der Waals surface area (Å²) in [5, 5.41) is 9.89. The van der Waals surface area contributed by atoms with Crippen molar-refractivity contribution in [2.24, 2.45) is 4.99 Å². The molecule has 0 saturated heterocycles. The molecule has 2 rings (SSSR count). The second kappa shape index (κ2) is 6.39. The van der Waals surface area contributed by atoms with Crippen LogP contribution in [0.3, 0.4) is 0 Å². The van der Waals surface area contributed by atoms with Gasteiger partial charge in [0.15, 0.2) is 11.5 Å². The van der Waals surface area contributed by atoms with Crippen molar-refractivity contribution < 1.29 is 23.0 Å². The van der Waals surface area contributed by atoms with Crippen molar-refractivity contribution >= 4 is 27.8 Å². The van der Waals surface area contributed by atoms with Gasteiger partial charge in [-0.15, -0.1) is 0 Å². The number of rotatable bonds is 3. The monoisotopic (exact) mass is 373 g/mol. The van der Waals surface area contributed by atoms with Crippen molar-refractivity contribution in [3.05, 3.63) is 52.0 Å². The van der Waals surface area contributed by atoms with Gasteiger partial charge in [0.05, 0.1) is 18.4 Å². The van der Waals surface area contributed by atoms with E-state index >= 15 is 0 Å². The molecule has 0 aliphatic heterocycles. The maximum absolute atomic E-state index is 12.8. The highest BCUT2D eigenvalue weighted by Gasteiger charge is 2.33. The Kier molecular flexibility index (Phi) is 4.75. The fourth-order valence-corrected chi connectivity index (χ4v) is 2.23. The molecule has 116 valence electrons. The Bertz CT molecular complexity index is 714. The van der Waals surface area contributed by atoms with E-state index in [1.807, 2.05) is 0 Å². The summed E-state index contributed by atoms with van der Waals surface area (Å²) in [5.74, 6) is 0.137. The van der Waals surface area contributed by atoms with E-state index < -0.39 is 11.7 Å². The number of para-hydroxylation sites is 1. The third kappa shape index (κ3) is 3.59. The lowest BCUT2D eigenvalue weighted by Crippen LogP contribution is -2.05. The lowest BCUT2D eigenvalue weighted by Gasteiger charge is -2.09. The molecule has 0 amide bonds. The number of phenolic OH excluding ortho intramolecular Hbond substituents is 1. The molecule has 0 spiro atoms. The lowest BCUT2D eigenvalue weighted by molar-refractivity contribution is -0.138. The van der Waals surface area contributed by atoms with Crippen molar-refractivity contribution in [3.63, 3.8) is 0 Å². The van der Waals surface area contributed by atoms with Gasteiger partial charge in [0.2, 0.25) is 0 Å². The largest absolute Gasteiger partial charge is 0.504 e. The van der Waals surface area contributed by atoms with Crippen molar-refractivity contribution in [1.29, 1.82) is 0 Å². The number of hydrogen-bond acceptors (Lipinski definition) is 3. The van der Waals surface area contributed by atoms with Gasteiger partial charge in [-0.3, -0.25) is 4.99 Å². The molecule has 0 saturated carbocycles. The molecule has 0 unspecified atom stereocenters. The fourth-order valence-electron chi connectivity index (χ4n) is 1.76. The minimum Gasteiger partial charge on any atom is -0.504 e. The number of benzene rings is 2. The number of aliphatic imine (C=N–C) groups is 1. The van der Waals surface area contributed by atoms with E-state index in [0.29, 0.717) is 5.56 Å². The van der Waals surface area contributed by atoms with Crippen LogP contribution in [0.5, 0.6) is 11.5 Å². The average Bonchev–Trinajstić information content (AvgIpc) is 2.46. The van der Waals surface area contributed by atoms with Gasteiger partial charge < -0.3 is 9.84 Å². The highest BCUT2D eigenvalue weighted by molar-refractivity contribution is 9.10. The molecule has 0 aliphatic rings. The van der Waals surface area contributed by atoms with E-state index in [2.05, 4.69) is 20.9 Å². The molecule has 3 nitrogen and oxygen atoms in total. The zero-order valence-corrected chi connectivity index (χ0v) is 12.9. The SMILES string of the molecule is COc1cccc(C=Nc2ccc(Br)c(C(F)(F)F)c2)c1O. The Labute approximate surface area is 133 Å². The van der Waals surface area contributed by atoms with E-state index in [1.54, 1.807) is 18.2 Å². The fraction of sp³-hybridized carbons (Fsp3) is 0.133. The van der Waals surface area contributed by atoms with Gasteiger partial charge in [-0.1, -0.05) is 22.0 Å². The van der Waals surface area contributed by atoms with Crippen molar-refractivity contribution in [1.82, 2.24) is 0 Å². The third-order valence-corrected chi connectivity index (χ3v) is 3.55. The zero-order chi connectivity index (χ0) is 16.3. The number of hydrogen-bond donors (Lipinski definition) is 1. The Morgan fingerprint density at radius 1 is 1.23 bits per heavy atom. The molecule has 0 heterocycles. The molecule has 1 N–H and O–H groups in total. The Morgan fingerprint density at radius 2 is 1.95 bits per heavy atom. The van der Waals surface area contributed by atoms with E-state index in [-0.39, 0.29) is 21.7 Å². The van der Waals surface area contributed by atoms with Crippen LogP contribution in [0.15, 0.2) is 45.9 Å². The molecule has 2 aromatic rings. The van der Waals surface area contributed by atoms with Gasteiger partial charge >= 0.3 is 6.18 Å². The first kappa shape index (κ1) is 16.4. The van der Waals surface area contributed by atoms with Gasteiger partial charge in [0.1, 0.15) is 0 Å². The van der Waals surface area contributed by atoms with Crippen LogP contribution in [0.4, 0.5) is 18.9 Å². The summed E-state index contributed by atoms with van der Waals surface area (Å²) in [6.45, 7) is 0. The first-order valence-corrected chi connectivity index (χ1v) is 6.89. The van der Waals surface area contributed by atoms with Crippen molar-refractivity contribution in [2.45, 2.75) is 6.18 Å². The highest BCUT2D eigenvalue weighted by atomic mass is 79.9. The summed E-state index contributed by atoms with van der Waals surface area (Å²) < 4.78 is 43.3. The predicted octanol–water partition coefficient (Wildman–Crippen LogP) is 4.93. The Balaban J connectivity index is 2.35. The number of alkyl halides is 3. The van der Waals surface area contributed by atoms with E-state index in [1.165, 1.54) is 25.5 Å². The average molecular weight is 374 g/mol. The number of phenols is 1. The third-order valence-electron chi connectivity index (χ3n) is 2.86. The smallest absolute Gasteiger partial charge is 0.417 e. The van der Waals surface area contributed by atoms with Crippen LogP contribution in [0.1, 0.15) is 11.1 Å². The number of methoxy groups -OCH3 is 1. The van der Waals surface area contributed by atoms with Crippen LogP contribution >= 0.6 is 15.9 Å². The summed E-state index contributed by atoms with van der Waals surface area (Å²) in [4.78, 5) is 3.97. The molecule has 7 heteroatoms. The van der Waals surface area contributed by atoms with Gasteiger partial charge in [-0.2, -0.15) is 13.2 Å². The summed E-state index contributed by atoms with van der Waals surface area (Å²) in [5.41, 5.74) is -0.342. The molecule has 2 aromatic carbocycles. The highest BCUT2D eigenvalue weighted by Crippen LogP contribution is 2.37. The van der Waals surface area contributed by atoms with Crippen LogP contribution in [-0.4, -0.2) is 18.4 Å². The molecular formula is C15H11BrF3NO2. The molecule has 0 aliphatic carbocycles. The molecule has 0 radical (unpaired) electrons. The summed E-state index contributed by atoms with van der Waals surface area (Å²) in [7, 11) is 1.40. The van der Waals surface area contributed by atoms with Crippen LogP contribution in [-0.2, 0) is 6.18 Å². The van der Waals surface area contributed by atoms with Crippen LogP contribution in [0.2, 0.25) is 0 Å². The lowest BCUT2D eigenvalue weighted by atomic mass is 10.2. The maximum Gasteiger partial charge on any atom is 0.417 e. The van der Waals surface area contributed by atoms with E-state index in [9.17, 15) is 18.3 Å². The number of halogens is 4. The Morgan fingerprint density at radius 3 is 2.59 bits per heavy atom. The zero-order valence-electron chi connectivity index (χ0n) is 11.4. The summed E-state index contributed by atoms with van der Waals surface area (Å²) >= 11 is 2.86. The van der Waals surface area contributed by atoms with Gasteiger partial charge in [0, 0.05) is 16.3 Å². The van der Waals surface area contributed by atoms with Crippen molar-refractivity contribution in [3.8, 4) is 11.5 Å². The molecular weight excluding hydrogens is 363 g/mol. The first-order valence-electron chi connectivity index (χ1n) is 6.09. The number of aromatic hydroxyl groups is 1. The van der Waals surface area contributed by atoms with Crippen LogP contribution in [0, 0.1) is 0 Å². The van der Waals surface area contributed by atoms with E-state index in [4.69, 9.17) is 4.74 Å². The predicted molar refractivity (Wildman–Crippen MR) is 81.1 cm³/mol. The number of ether oxygens (including phenoxy) is 1. The first-order chi connectivity index (χ1) is 10.3. The molecule has 22 heavy (non-hydrogen) atoms. The maximum atomic E-state index is 12.8. The topological polar surface area (TPSA) is 41.8 Å². The van der Waals surface area contributed by atoms with Gasteiger partial charge in [-0.25, -0.2) is 0 Å². The van der Waals surface area contributed by atoms with Crippen LogP contribution in [0.25, 0.3) is 0 Å². The minimum atomic E-state index is -4.47. The second-order valence-electron chi connectivity index (χ2n) is 4.32. The van der Waals surface area contributed by atoms with E-state index in [0.717, 1.165) is 6.07 Å². The normalized spacial score (nSPS) is 11.9. The molecule has 0 fully saturated rings. The minimum absolute atomic E-state index is 0.0526. The quantitative estimate of drug-likeness (QED) is 0.774.